The van der Waals surface area contributed by atoms with E-state index in [2.05, 4.69) is 15.0 Å². The van der Waals surface area contributed by atoms with Crippen LogP contribution in [0.4, 0.5) is 4.39 Å². The first-order valence-electron chi connectivity index (χ1n) is 9.17. The summed E-state index contributed by atoms with van der Waals surface area (Å²) in [6, 6.07) is 11.1. The number of aromatic amines is 1. The molecule has 0 saturated carbocycles. The van der Waals surface area contributed by atoms with E-state index in [1.807, 2.05) is 0 Å². The van der Waals surface area contributed by atoms with Crippen molar-refractivity contribution < 1.29 is 9.18 Å². The average Bonchev–Trinajstić information content (AvgIpc) is 2.74. The molecule has 3 aromatic rings. The van der Waals surface area contributed by atoms with Crippen molar-refractivity contribution in [2.75, 3.05) is 13.1 Å². The number of H-pyrrole nitrogens is 1. The van der Waals surface area contributed by atoms with Crippen molar-refractivity contribution in [3.63, 3.8) is 0 Å². The number of rotatable bonds is 3. The predicted molar refractivity (Wildman–Crippen MR) is 102 cm³/mol. The van der Waals surface area contributed by atoms with E-state index in [1.165, 1.54) is 18.2 Å². The molecule has 0 unspecified atom stereocenters. The predicted octanol–water partition coefficient (Wildman–Crippen LogP) is 2.99. The zero-order valence-electron chi connectivity index (χ0n) is 15.1. The van der Waals surface area contributed by atoms with E-state index in [4.69, 9.17) is 0 Å². The molecule has 3 heterocycles. The maximum atomic E-state index is 13.9. The topological polar surface area (TPSA) is 79.0 Å². The molecule has 0 spiro atoms. The van der Waals surface area contributed by atoms with E-state index in [0.717, 1.165) is 5.56 Å². The van der Waals surface area contributed by atoms with Crippen molar-refractivity contribution in [1.29, 1.82) is 0 Å². The summed E-state index contributed by atoms with van der Waals surface area (Å²) in [6.07, 6.45) is 4.63. The Bertz CT molecular complexity index is 1040. The van der Waals surface area contributed by atoms with Gasteiger partial charge in [0.25, 0.3) is 11.5 Å². The minimum Gasteiger partial charge on any atom is -0.339 e. The Morgan fingerprint density at radius 1 is 1.11 bits per heavy atom. The lowest BCUT2D eigenvalue weighted by molar-refractivity contribution is 0.0706. The highest BCUT2D eigenvalue weighted by atomic mass is 19.1. The molecule has 1 aliphatic rings. The van der Waals surface area contributed by atoms with Crippen molar-refractivity contribution in [3.05, 3.63) is 82.4 Å². The molecule has 4 rings (SSSR count). The standard InChI is InChI=1S/C21H19FN4O2/c22-17-4-2-1-3-16(17)21(28)26-11-7-15(8-12-26)20-24-18(13-19(27)25-20)14-5-9-23-10-6-14/h1-6,9-10,13,15H,7-8,11-12H2,(H,24,25,27). The summed E-state index contributed by atoms with van der Waals surface area (Å²) in [7, 11) is 0. The molecule has 1 fully saturated rings. The molecule has 142 valence electrons. The van der Waals surface area contributed by atoms with E-state index in [0.29, 0.717) is 37.4 Å². The first-order chi connectivity index (χ1) is 13.6. The van der Waals surface area contributed by atoms with E-state index < -0.39 is 5.82 Å². The second-order valence-corrected chi connectivity index (χ2v) is 6.80. The lowest BCUT2D eigenvalue weighted by atomic mass is 9.95. The number of amides is 1. The van der Waals surface area contributed by atoms with Crippen LogP contribution in [-0.2, 0) is 0 Å². The number of aromatic nitrogens is 3. The van der Waals surface area contributed by atoms with Gasteiger partial charge in [-0.15, -0.1) is 0 Å². The van der Waals surface area contributed by atoms with Crippen LogP contribution in [0, 0.1) is 5.82 Å². The Morgan fingerprint density at radius 3 is 2.54 bits per heavy atom. The number of nitrogens with one attached hydrogen (secondary N) is 1. The summed E-state index contributed by atoms with van der Waals surface area (Å²) in [5.74, 6) is -0.148. The molecule has 0 bridgehead atoms. The van der Waals surface area contributed by atoms with Gasteiger partial charge >= 0.3 is 0 Å². The summed E-state index contributed by atoms with van der Waals surface area (Å²) in [6.45, 7) is 0.974. The number of carbonyl (C=O) groups is 1. The first-order valence-corrected chi connectivity index (χ1v) is 9.17. The molecule has 6 nitrogen and oxygen atoms in total. The van der Waals surface area contributed by atoms with Crippen LogP contribution in [0.2, 0.25) is 0 Å². The van der Waals surface area contributed by atoms with Gasteiger partial charge in [-0.2, -0.15) is 0 Å². The third kappa shape index (κ3) is 3.69. The third-order valence-corrected chi connectivity index (χ3v) is 5.01. The smallest absolute Gasteiger partial charge is 0.256 e. The fourth-order valence-corrected chi connectivity index (χ4v) is 3.50. The monoisotopic (exact) mass is 378 g/mol. The van der Waals surface area contributed by atoms with Crippen LogP contribution in [0.15, 0.2) is 59.7 Å². The van der Waals surface area contributed by atoms with Crippen molar-refractivity contribution in [2.24, 2.45) is 0 Å². The summed E-state index contributed by atoms with van der Waals surface area (Å²) in [5, 5.41) is 0. The zero-order chi connectivity index (χ0) is 19.5. The number of likely N-dealkylation sites (tertiary alicyclic amines) is 1. The van der Waals surface area contributed by atoms with Crippen LogP contribution in [0.5, 0.6) is 0 Å². The molecule has 0 radical (unpaired) electrons. The summed E-state index contributed by atoms with van der Waals surface area (Å²) in [5.41, 5.74) is 1.31. The van der Waals surface area contributed by atoms with Gasteiger partial charge in [0.2, 0.25) is 0 Å². The molecule has 1 aromatic carbocycles. The fraction of sp³-hybridized carbons (Fsp3) is 0.238. The van der Waals surface area contributed by atoms with Gasteiger partial charge in [0.05, 0.1) is 11.3 Å². The zero-order valence-corrected chi connectivity index (χ0v) is 15.1. The van der Waals surface area contributed by atoms with Gasteiger partial charge in [0, 0.05) is 43.0 Å². The van der Waals surface area contributed by atoms with Crippen LogP contribution in [0.25, 0.3) is 11.3 Å². The number of nitrogens with zero attached hydrogens (tertiary/aromatic N) is 3. The van der Waals surface area contributed by atoms with Crippen molar-refractivity contribution >= 4 is 5.91 Å². The lowest BCUT2D eigenvalue weighted by Gasteiger charge is -2.31. The maximum Gasteiger partial charge on any atom is 0.256 e. The van der Waals surface area contributed by atoms with Gasteiger partial charge in [0.1, 0.15) is 11.6 Å². The summed E-state index contributed by atoms with van der Waals surface area (Å²) < 4.78 is 13.9. The van der Waals surface area contributed by atoms with Crippen LogP contribution in [-0.4, -0.2) is 38.8 Å². The normalized spacial score (nSPS) is 14.8. The van der Waals surface area contributed by atoms with Gasteiger partial charge in [-0.05, 0) is 37.1 Å². The second kappa shape index (κ2) is 7.72. The van der Waals surface area contributed by atoms with E-state index in [1.54, 1.807) is 41.6 Å². The summed E-state index contributed by atoms with van der Waals surface area (Å²) in [4.78, 5) is 37.8. The molecule has 1 aliphatic heterocycles. The molecular weight excluding hydrogens is 359 g/mol. The Kier molecular flexibility index (Phi) is 4.97. The highest BCUT2D eigenvalue weighted by Gasteiger charge is 2.27. The minimum atomic E-state index is -0.509. The third-order valence-electron chi connectivity index (χ3n) is 5.01. The van der Waals surface area contributed by atoms with Crippen molar-refractivity contribution in [1.82, 2.24) is 19.9 Å². The van der Waals surface area contributed by atoms with Crippen LogP contribution in [0.1, 0.15) is 34.9 Å². The number of pyridine rings is 1. The lowest BCUT2D eigenvalue weighted by Crippen LogP contribution is -2.38. The van der Waals surface area contributed by atoms with E-state index in [-0.39, 0.29) is 22.9 Å². The Balaban J connectivity index is 1.50. The summed E-state index contributed by atoms with van der Waals surface area (Å²) >= 11 is 0. The fourth-order valence-electron chi connectivity index (χ4n) is 3.50. The average molecular weight is 378 g/mol. The number of piperidine rings is 1. The van der Waals surface area contributed by atoms with E-state index >= 15 is 0 Å². The maximum absolute atomic E-state index is 13.9. The van der Waals surface area contributed by atoms with Gasteiger partial charge in [-0.1, -0.05) is 12.1 Å². The molecule has 28 heavy (non-hydrogen) atoms. The number of carbonyl (C=O) groups excluding carboxylic acids is 1. The van der Waals surface area contributed by atoms with Gasteiger partial charge in [-0.3, -0.25) is 14.6 Å². The largest absolute Gasteiger partial charge is 0.339 e. The minimum absolute atomic E-state index is 0.0409. The van der Waals surface area contributed by atoms with E-state index in [9.17, 15) is 14.0 Å². The SMILES string of the molecule is O=C(c1ccccc1F)N1CCC(c2nc(-c3ccncc3)cc(=O)[nH]2)CC1. The van der Waals surface area contributed by atoms with Crippen LogP contribution < -0.4 is 5.56 Å². The molecule has 0 atom stereocenters. The highest BCUT2D eigenvalue weighted by Crippen LogP contribution is 2.27. The second-order valence-electron chi connectivity index (χ2n) is 6.80. The number of benzene rings is 1. The van der Waals surface area contributed by atoms with Gasteiger partial charge < -0.3 is 9.88 Å². The molecule has 2 aromatic heterocycles. The number of hydrogen-bond donors (Lipinski definition) is 1. The molecule has 0 aliphatic carbocycles. The highest BCUT2D eigenvalue weighted by molar-refractivity contribution is 5.94. The quantitative estimate of drug-likeness (QED) is 0.760. The van der Waals surface area contributed by atoms with Crippen molar-refractivity contribution in [2.45, 2.75) is 18.8 Å². The molecular formula is C21H19FN4O2. The Labute approximate surface area is 161 Å². The molecule has 7 heteroatoms. The number of hydrogen-bond acceptors (Lipinski definition) is 4. The van der Waals surface area contributed by atoms with Crippen molar-refractivity contribution in [3.8, 4) is 11.3 Å². The molecule has 1 saturated heterocycles. The molecule has 1 amide bonds. The van der Waals surface area contributed by atoms with Crippen LogP contribution in [0.3, 0.4) is 0 Å². The van der Waals surface area contributed by atoms with Gasteiger partial charge in [-0.25, -0.2) is 9.37 Å². The number of halogens is 1. The Hall–Kier alpha value is -3.35. The first kappa shape index (κ1) is 18.0. The Morgan fingerprint density at radius 2 is 1.82 bits per heavy atom. The van der Waals surface area contributed by atoms with Crippen LogP contribution >= 0.6 is 0 Å². The van der Waals surface area contributed by atoms with Gasteiger partial charge in [0.15, 0.2) is 0 Å². The molecule has 1 N–H and O–H groups in total.